The lowest BCUT2D eigenvalue weighted by Gasteiger charge is -2.16. The molecule has 1 amide bonds. The number of anilines is 1. The monoisotopic (exact) mass is 379 g/mol. The van der Waals surface area contributed by atoms with Gasteiger partial charge in [-0.15, -0.1) is 0 Å². The zero-order valence-corrected chi connectivity index (χ0v) is 16.6. The highest BCUT2D eigenvalue weighted by Gasteiger charge is 2.21. The number of aromatic amines is 1. The molecule has 7 nitrogen and oxygen atoms in total. The van der Waals surface area contributed by atoms with Crippen LogP contribution in [0.4, 0.5) is 5.82 Å². The topological polar surface area (TPSA) is 92.7 Å². The van der Waals surface area contributed by atoms with Crippen LogP contribution in [0.5, 0.6) is 0 Å². The lowest BCUT2D eigenvalue weighted by Crippen LogP contribution is -2.24. The van der Waals surface area contributed by atoms with Crippen molar-refractivity contribution in [3.8, 4) is 5.95 Å². The second-order valence-corrected chi connectivity index (χ2v) is 6.75. The van der Waals surface area contributed by atoms with Gasteiger partial charge in [-0.2, -0.15) is 9.78 Å². The van der Waals surface area contributed by atoms with E-state index in [1.54, 1.807) is 13.0 Å². The molecule has 2 aromatic heterocycles. The Morgan fingerprint density at radius 3 is 2.54 bits per heavy atom. The van der Waals surface area contributed by atoms with Crippen LogP contribution in [0.25, 0.3) is 5.95 Å². The van der Waals surface area contributed by atoms with Crippen LogP contribution in [0.3, 0.4) is 0 Å². The van der Waals surface area contributed by atoms with Crippen molar-refractivity contribution in [3.63, 3.8) is 0 Å². The van der Waals surface area contributed by atoms with Crippen LogP contribution in [0.2, 0.25) is 0 Å². The average molecular weight is 379 g/mol. The number of hydrogen-bond acceptors (Lipinski definition) is 4. The molecule has 2 N–H and O–H groups in total. The first kappa shape index (κ1) is 19.5. The van der Waals surface area contributed by atoms with Gasteiger partial charge in [0.2, 0.25) is 11.9 Å². The highest BCUT2D eigenvalue weighted by molar-refractivity contribution is 5.95. The van der Waals surface area contributed by atoms with E-state index in [0.29, 0.717) is 35.6 Å². The van der Waals surface area contributed by atoms with Crippen molar-refractivity contribution in [1.82, 2.24) is 19.7 Å². The molecule has 1 aromatic carbocycles. The molecule has 0 radical (unpaired) electrons. The fraction of sp³-hybridized carbons (Fsp3) is 0.333. The largest absolute Gasteiger partial charge is 0.310 e. The van der Waals surface area contributed by atoms with Crippen LogP contribution < -0.4 is 10.9 Å². The van der Waals surface area contributed by atoms with Crippen LogP contribution in [-0.2, 0) is 11.2 Å². The van der Waals surface area contributed by atoms with Gasteiger partial charge in [-0.05, 0) is 32.3 Å². The van der Waals surface area contributed by atoms with Gasteiger partial charge in [0.15, 0.2) is 0 Å². The van der Waals surface area contributed by atoms with E-state index in [1.165, 1.54) is 4.68 Å². The number of nitrogens with zero attached hydrogens (tertiary/aromatic N) is 3. The smallest absolute Gasteiger partial charge is 0.255 e. The van der Waals surface area contributed by atoms with E-state index < -0.39 is 0 Å². The van der Waals surface area contributed by atoms with Crippen LogP contribution in [0, 0.1) is 13.8 Å². The number of H-pyrrole nitrogens is 1. The second-order valence-electron chi connectivity index (χ2n) is 6.75. The van der Waals surface area contributed by atoms with Gasteiger partial charge in [-0.3, -0.25) is 14.6 Å². The van der Waals surface area contributed by atoms with Crippen LogP contribution in [0.15, 0.2) is 41.2 Å². The number of carbonyl (C=O) groups is 1. The summed E-state index contributed by atoms with van der Waals surface area (Å²) in [7, 11) is 0. The van der Waals surface area contributed by atoms with Crippen molar-refractivity contribution in [2.24, 2.45) is 0 Å². The average Bonchev–Trinajstić information content (AvgIpc) is 3.03. The first-order chi connectivity index (χ1) is 13.4. The summed E-state index contributed by atoms with van der Waals surface area (Å²) in [5, 5.41) is 7.35. The molecule has 146 valence electrons. The zero-order chi connectivity index (χ0) is 20.3. The van der Waals surface area contributed by atoms with Gasteiger partial charge in [-0.1, -0.05) is 44.2 Å². The van der Waals surface area contributed by atoms with Gasteiger partial charge in [0.05, 0.1) is 11.6 Å². The van der Waals surface area contributed by atoms with Crippen molar-refractivity contribution in [2.45, 2.75) is 46.5 Å². The SMILES string of the molecule is CCc1c(C)nc(-n2nc(C)cc2NC(=O)[C@H](CC)c2ccccc2)[nH]c1=O. The summed E-state index contributed by atoms with van der Waals surface area (Å²) in [5.41, 5.74) is 2.78. The summed E-state index contributed by atoms with van der Waals surface area (Å²) < 4.78 is 1.47. The van der Waals surface area contributed by atoms with Crippen molar-refractivity contribution < 1.29 is 4.79 Å². The summed E-state index contributed by atoms with van der Waals surface area (Å²) in [6.45, 7) is 7.52. The lowest BCUT2D eigenvalue weighted by atomic mass is 9.96. The number of rotatable bonds is 6. The van der Waals surface area contributed by atoms with Crippen molar-refractivity contribution >= 4 is 11.7 Å². The van der Waals surface area contributed by atoms with Crippen LogP contribution >= 0.6 is 0 Å². The lowest BCUT2D eigenvalue weighted by molar-refractivity contribution is -0.117. The molecule has 0 saturated carbocycles. The number of aromatic nitrogens is 4. The number of aryl methyl sites for hydroxylation is 2. The van der Waals surface area contributed by atoms with Gasteiger partial charge < -0.3 is 5.32 Å². The number of benzene rings is 1. The predicted molar refractivity (Wildman–Crippen MR) is 109 cm³/mol. The third-order valence-corrected chi connectivity index (χ3v) is 4.77. The number of hydrogen-bond donors (Lipinski definition) is 2. The minimum absolute atomic E-state index is 0.126. The van der Waals surface area contributed by atoms with Crippen LogP contribution in [0.1, 0.15) is 48.7 Å². The summed E-state index contributed by atoms with van der Waals surface area (Å²) in [6.07, 6.45) is 1.27. The Bertz CT molecular complexity index is 1040. The number of carbonyl (C=O) groups excluding carboxylic acids is 1. The molecule has 28 heavy (non-hydrogen) atoms. The molecule has 1 atom stereocenters. The minimum atomic E-state index is -0.277. The van der Waals surface area contributed by atoms with E-state index in [2.05, 4.69) is 20.4 Å². The van der Waals surface area contributed by atoms with Gasteiger partial charge in [-0.25, -0.2) is 4.98 Å². The van der Waals surface area contributed by atoms with E-state index in [1.807, 2.05) is 51.1 Å². The van der Waals surface area contributed by atoms with E-state index in [-0.39, 0.29) is 23.3 Å². The molecule has 2 heterocycles. The second kappa shape index (κ2) is 8.21. The van der Waals surface area contributed by atoms with E-state index in [9.17, 15) is 9.59 Å². The number of nitrogens with one attached hydrogen (secondary N) is 2. The minimum Gasteiger partial charge on any atom is -0.310 e. The van der Waals surface area contributed by atoms with Crippen molar-refractivity contribution in [3.05, 3.63) is 69.3 Å². The Balaban J connectivity index is 1.95. The van der Waals surface area contributed by atoms with Crippen molar-refractivity contribution in [1.29, 1.82) is 0 Å². The van der Waals surface area contributed by atoms with Crippen LogP contribution in [-0.4, -0.2) is 25.7 Å². The molecule has 0 fully saturated rings. The molecular weight excluding hydrogens is 354 g/mol. The molecule has 3 aromatic rings. The summed E-state index contributed by atoms with van der Waals surface area (Å²) >= 11 is 0. The normalized spacial score (nSPS) is 12.0. The van der Waals surface area contributed by atoms with E-state index in [4.69, 9.17) is 0 Å². The molecule has 0 unspecified atom stereocenters. The maximum absolute atomic E-state index is 12.9. The number of amides is 1. The summed E-state index contributed by atoms with van der Waals surface area (Å²) in [4.78, 5) is 32.5. The summed E-state index contributed by atoms with van der Waals surface area (Å²) in [5.74, 6) is 0.361. The Kier molecular flexibility index (Phi) is 5.73. The molecule has 0 aliphatic heterocycles. The van der Waals surface area contributed by atoms with E-state index in [0.717, 1.165) is 5.56 Å². The molecule has 0 spiro atoms. The fourth-order valence-corrected chi connectivity index (χ4v) is 3.33. The quantitative estimate of drug-likeness (QED) is 0.687. The Morgan fingerprint density at radius 2 is 1.93 bits per heavy atom. The molecule has 0 aliphatic rings. The predicted octanol–water partition coefficient (Wildman–Crippen LogP) is 3.27. The molecule has 7 heteroatoms. The summed E-state index contributed by atoms with van der Waals surface area (Å²) in [6, 6.07) is 11.4. The highest BCUT2D eigenvalue weighted by atomic mass is 16.2. The molecule has 0 aliphatic carbocycles. The fourth-order valence-electron chi connectivity index (χ4n) is 3.33. The van der Waals surface area contributed by atoms with Gasteiger partial charge in [0, 0.05) is 17.3 Å². The van der Waals surface area contributed by atoms with Gasteiger partial charge >= 0.3 is 0 Å². The molecule has 0 bridgehead atoms. The maximum Gasteiger partial charge on any atom is 0.255 e. The zero-order valence-electron chi connectivity index (χ0n) is 16.6. The Hall–Kier alpha value is -3.22. The third-order valence-electron chi connectivity index (χ3n) is 4.77. The standard InChI is InChI=1S/C21H25N5O2/c1-5-16-14(4)22-21(24-19(16)27)26-18(12-13(3)25-26)23-20(28)17(6-2)15-10-8-7-9-11-15/h7-12,17H,5-6H2,1-4H3,(H,23,28)(H,22,24,27)/t17-/m1/s1. The molecular formula is C21H25N5O2. The van der Waals surface area contributed by atoms with E-state index >= 15 is 0 Å². The first-order valence-electron chi connectivity index (χ1n) is 9.47. The maximum atomic E-state index is 12.9. The Labute approximate surface area is 163 Å². The van der Waals surface area contributed by atoms with Gasteiger partial charge in [0.1, 0.15) is 5.82 Å². The Morgan fingerprint density at radius 1 is 1.21 bits per heavy atom. The first-order valence-corrected chi connectivity index (χ1v) is 9.47. The van der Waals surface area contributed by atoms with Crippen molar-refractivity contribution in [2.75, 3.05) is 5.32 Å². The van der Waals surface area contributed by atoms with Gasteiger partial charge in [0.25, 0.3) is 5.56 Å². The third kappa shape index (κ3) is 3.88. The molecule has 3 rings (SSSR count). The molecule has 0 saturated heterocycles. The highest BCUT2D eigenvalue weighted by Crippen LogP contribution is 2.22.